The Kier molecular flexibility index (Phi) is 5.12. The Labute approximate surface area is 136 Å². The first kappa shape index (κ1) is 15.8. The number of hydrogen-bond acceptors (Lipinski definition) is 4. The molecule has 1 heterocycles. The van der Waals surface area contributed by atoms with Crippen LogP contribution >= 0.6 is 0 Å². The van der Waals surface area contributed by atoms with Gasteiger partial charge < -0.3 is 15.0 Å². The van der Waals surface area contributed by atoms with Gasteiger partial charge in [0.1, 0.15) is 6.61 Å². The van der Waals surface area contributed by atoms with Crippen molar-refractivity contribution >= 4 is 12.0 Å². The first-order valence-electron chi connectivity index (χ1n) is 8.18. The minimum absolute atomic E-state index is 0.0904. The monoisotopic (exact) mass is 317 g/mol. The van der Waals surface area contributed by atoms with Crippen molar-refractivity contribution in [2.75, 3.05) is 32.7 Å². The van der Waals surface area contributed by atoms with E-state index < -0.39 is 0 Å². The molecule has 1 aliphatic heterocycles. The van der Waals surface area contributed by atoms with Crippen LogP contribution in [0.15, 0.2) is 30.3 Å². The van der Waals surface area contributed by atoms with Crippen LogP contribution in [0.25, 0.3) is 0 Å². The van der Waals surface area contributed by atoms with Gasteiger partial charge in [0, 0.05) is 32.2 Å². The van der Waals surface area contributed by atoms with Crippen molar-refractivity contribution in [3.63, 3.8) is 0 Å². The van der Waals surface area contributed by atoms with E-state index >= 15 is 0 Å². The summed E-state index contributed by atoms with van der Waals surface area (Å²) in [6.45, 7) is 3.33. The van der Waals surface area contributed by atoms with Crippen LogP contribution in [0.1, 0.15) is 18.4 Å². The first-order chi connectivity index (χ1) is 11.2. The van der Waals surface area contributed by atoms with Crippen LogP contribution in [0.4, 0.5) is 4.79 Å². The van der Waals surface area contributed by atoms with Gasteiger partial charge in [-0.2, -0.15) is 0 Å². The van der Waals surface area contributed by atoms with Gasteiger partial charge in [-0.25, -0.2) is 4.79 Å². The summed E-state index contributed by atoms with van der Waals surface area (Å²) in [7, 11) is 0. The van der Waals surface area contributed by atoms with E-state index in [1.54, 1.807) is 4.90 Å². The predicted molar refractivity (Wildman–Crippen MR) is 85.8 cm³/mol. The van der Waals surface area contributed by atoms with Gasteiger partial charge in [0.25, 0.3) is 0 Å². The Hall–Kier alpha value is -2.08. The molecule has 6 heteroatoms. The highest BCUT2D eigenvalue weighted by molar-refractivity contribution is 5.78. The van der Waals surface area contributed by atoms with E-state index in [0.717, 1.165) is 18.4 Å². The molecule has 1 aromatic rings. The molecule has 1 aromatic carbocycles. The largest absolute Gasteiger partial charge is 0.445 e. The molecule has 2 amide bonds. The van der Waals surface area contributed by atoms with E-state index in [9.17, 15) is 9.59 Å². The molecule has 2 aliphatic rings. The lowest BCUT2D eigenvalue weighted by Crippen LogP contribution is -2.51. The average Bonchev–Trinajstić information content (AvgIpc) is 3.38. The predicted octanol–water partition coefficient (Wildman–Crippen LogP) is 1.22. The summed E-state index contributed by atoms with van der Waals surface area (Å²) >= 11 is 0. The normalized spacial score (nSPS) is 18.5. The fraction of sp³-hybridized carbons (Fsp3) is 0.529. The molecule has 0 spiro atoms. The molecule has 0 atom stereocenters. The van der Waals surface area contributed by atoms with Crippen molar-refractivity contribution in [3.05, 3.63) is 35.9 Å². The van der Waals surface area contributed by atoms with Gasteiger partial charge in [-0.05, 0) is 18.4 Å². The fourth-order valence-electron chi connectivity index (χ4n) is 2.60. The molecule has 2 fully saturated rings. The summed E-state index contributed by atoms with van der Waals surface area (Å²) in [4.78, 5) is 27.6. The number of rotatable bonds is 5. The van der Waals surface area contributed by atoms with Crippen LogP contribution in [0.2, 0.25) is 0 Å². The molecule has 6 nitrogen and oxygen atoms in total. The minimum atomic E-state index is -0.282. The molecule has 1 N–H and O–H groups in total. The molecule has 23 heavy (non-hydrogen) atoms. The standard InChI is InChI=1S/C17H23N3O3/c21-16(18-15-6-7-15)12-19-8-10-20(11-9-19)17(22)23-13-14-4-2-1-3-5-14/h1-5,15H,6-13H2,(H,18,21). The summed E-state index contributed by atoms with van der Waals surface area (Å²) in [5.74, 6) is 0.0904. The van der Waals surface area contributed by atoms with Crippen molar-refractivity contribution < 1.29 is 14.3 Å². The second-order valence-electron chi connectivity index (χ2n) is 6.15. The zero-order chi connectivity index (χ0) is 16.1. The van der Waals surface area contributed by atoms with Crippen LogP contribution in [0.3, 0.4) is 0 Å². The van der Waals surface area contributed by atoms with Gasteiger partial charge in [-0.3, -0.25) is 9.69 Å². The van der Waals surface area contributed by atoms with E-state index in [2.05, 4.69) is 10.2 Å². The van der Waals surface area contributed by atoms with Gasteiger partial charge in [0.05, 0.1) is 6.54 Å². The van der Waals surface area contributed by atoms with Crippen molar-refractivity contribution in [2.45, 2.75) is 25.5 Å². The van der Waals surface area contributed by atoms with Crippen molar-refractivity contribution in [1.82, 2.24) is 15.1 Å². The summed E-state index contributed by atoms with van der Waals surface area (Å²) in [6, 6.07) is 10.1. The van der Waals surface area contributed by atoms with Crippen molar-refractivity contribution in [1.29, 1.82) is 0 Å². The van der Waals surface area contributed by atoms with Crippen LogP contribution < -0.4 is 5.32 Å². The lowest BCUT2D eigenvalue weighted by molar-refractivity contribution is -0.122. The summed E-state index contributed by atoms with van der Waals surface area (Å²) in [5.41, 5.74) is 0.983. The van der Waals surface area contributed by atoms with Crippen molar-refractivity contribution in [3.8, 4) is 0 Å². The topological polar surface area (TPSA) is 61.9 Å². The maximum Gasteiger partial charge on any atom is 0.410 e. The number of amides is 2. The number of ether oxygens (including phenoxy) is 1. The molecule has 124 valence electrons. The third kappa shape index (κ3) is 4.96. The Bertz CT molecular complexity index is 537. The molecule has 1 saturated heterocycles. The third-order valence-corrected chi connectivity index (χ3v) is 4.15. The summed E-state index contributed by atoms with van der Waals surface area (Å²) < 4.78 is 5.33. The van der Waals surface area contributed by atoms with Gasteiger partial charge in [0.2, 0.25) is 5.91 Å². The molecule has 1 saturated carbocycles. The maximum atomic E-state index is 12.1. The third-order valence-electron chi connectivity index (χ3n) is 4.15. The smallest absolute Gasteiger partial charge is 0.410 e. The number of nitrogens with zero attached hydrogens (tertiary/aromatic N) is 2. The number of carbonyl (C=O) groups is 2. The number of nitrogens with one attached hydrogen (secondary N) is 1. The van der Waals surface area contributed by atoms with Crippen LogP contribution in [-0.4, -0.2) is 60.6 Å². The van der Waals surface area contributed by atoms with E-state index in [1.165, 1.54) is 0 Å². The molecular weight excluding hydrogens is 294 g/mol. The molecule has 0 bridgehead atoms. The highest BCUT2D eigenvalue weighted by Crippen LogP contribution is 2.18. The van der Waals surface area contributed by atoms with E-state index in [4.69, 9.17) is 4.74 Å². The lowest BCUT2D eigenvalue weighted by atomic mass is 10.2. The van der Waals surface area contributed by atoms with Gasteiger partial charge in [-0.15, -0.1) is 0 Å². The number of carbonyl (C=O) groups excluding carboxylic acids is 2. The summed E-state index contributed by atoms with van der Waals surface area (Å²) in [5, 5.41) is 2.99. The molecule has 3 rings (SSSR count). The summed E-state index contributed by atoms with van der Waals surface area (Å²) in [6.07, 6.45) is 1.93. The number of hydrogen-bond donors (Lipinski definition) is 1. The number of benzene rings is 1. The Balaban J connectivity index is 1.36. The number of piperazine rings is 1. The maximum absolute atomic E-state index is 12.1. The second-order valence-corrected chi connectivity index (χ2v) is 6.15. The van der Waals surface area contributed by atoms with Gasteiger partial charge >= 0.3 is 6.09 Å². The SMILES string of the molecule is O=C(CN1CCN(C(=O)OCc2ccccc2)CC1)NC1CC1. The van der Waals surface area contributed by atoms with Crippen LogP contribution in [0, 0.1) is 0 Å². The molecule has 1 aliphatic carbocycles. The highest BCUT2D eigenvalue weighted by Gasteiger charge is 2.26. The molecule has 0 aromatic heterocycles. The highest BCUT2D eigenvalue weighted by atomic mass is 16.6. The zero-order valence-electron chi connectivity index (χ0n) is 13.2. The van der Waals surface area contributed by atoms with Crippen molar-refractivity contribution in [2.24, 2.45) is 0 Å². The molecule has 0 unspecified atom stereocenters. The lowest BCUT2D eigenvalue weighted by Gasteiger charge is -2.33. The second kappa shape index (κ2) is 7.46. The van der Waals surface area contributed by atoms with E-state index in [0.29, 0.717) is 45.4 Å². The van der Waals surface area contributed by atoms with Crippen LogP contribution in [0.5, 0.6) is 0 Å². The fourth-order valence-corrected chi connectivity index (χ4v) is 2.60. The first-order valence-corrected chi connectivity index (χ1v) is 8.18. The van der Waals surface area contributed by atoms with Gasteiger partial charge in [0.15, 0.2) is 0 Å². The van der Waals surface area contributed by atoms with E-state index in [1.807, 2.05) is 30.3 Å². The Morgan fingerprint density at radius 3 is 2.43 bits per heavy atom. The average molecular weight is 317 g/mol. The van der Waals surface area contributed by atoms with Gasteiger partial charge in [-0.1, -0.05) is 30.3 Å². The van der Waals surface area contributed by atoms with Crippen LogP contribution in [-0.2, 0) is 16.1 Å². The molecular formula is C17H23N3O3. The van der Waals surface area contributed by atoms with E-state index in [-0.39, 0.29) is 12.0 Å². The minimum Gasteiger partial charge on any atom is -0.445 e. The Morgan fingerprint density at radius 1 is 1.09 bits per heavy atom. The molecule has 0 radical (unpaired) electrons. The zero-order valence-corrected chi connectivity index (χ0v) is 13.2. The Morgan fingerprint density at radius 2 is 1.78 bits per heavy atom. The quantitative estimate of drug-likeness (QED) is 0.887.